The number of aliphatic hydroxyl groups is 1. The van der Waals surface area contributed by atoms with Crippen LogP contribution < -0.4 is 16.0 Å². The maximum Gasteiger partial charge on any atom is 0.251 e. The second-order valence-electron chi connectivity index (χ2n) is 9.66. The SMILES string of the molecule is O=C(N[C@@H](c1ccccc1)[C@@H](O)C(=O)NCc1cn(CCCNc2ccnc3cc(Cl)ccc23)nn1)c1ccccc1. The number of halogens is 1. The number of aryl methyl sites for hydroxylation is 1. The van der Waals surface area contributed by atoms with E-state index in [0.717, 1.165) is 23.0 Å². The molecule has 2 aromatic heterocycles. The van der Waals surface area contributed by atoms with Crippen LogP contribution in [0.25, 0.3) is 10.9 Å². The number of carbonyl (C=O) groups is 2. The summed E-state index contributed by atoms with van der Waals surface area (Å²) in [4.78, 5) is 30.1. The predicted molar refractivity (Wildman–Crippen MR) is 161 cm³/mol. The minimum Gasteiger partial charge on any atom is -0.384 e. The largest absolute Gasteiger partial charge is 0.384 e. The molecular formula is C31H30ClN7O3. The van der Waals surface area contributed by atoms with Gasteiger partial charge in [0.1, 0.15) is 5.69 Å². The molecule has 5 aromatic rings. The third-order valence-corrected chi connectivity index (χ3v) is 6.91. The number of aliphatic hydroxyl groups excluding tert-OH is 1. The van der Waals surface area contributed by atoms with Crippen LogP contribution in [-0.4, -0.2) is 49.5 Å². The van der Waals surface area contributed by atoms with Crippen LogP contribution in [0.4, 0.5) is 5.69 Å². The van der Waals surface area contributed by atoms with Crippen LogP contribution in [0.2, 0.25) is 5.02 Å². The molecule has 0 fully saturated rings. The van der Waals surface area contributed by atoms with E-state index in [0.29, 0.717) is 34.9 Å². The Morgan fingerprint density at radius 2 is 1.74 bits per heavy atom. The standard InChI is InChI=1S/C31H30ClN7O3/c32-23-12-13-25-26(14-16-34-27(25)18-23)33-15-7-17-39-20-24(37-38-39)19-35-31(42)29(40)28(21-8-3-1-4-9-21)36-30(41)22-10-5-2-6-11-22/h1-6,8-14,16,18,20,28-29,40H,7,15,17,19H2,(H,33,34)(H,35,42)(H,36,41)/t28-,29+/m0/s1. The first-order valence-electron chi connectivity index (χ1n) is 13.5. The Hall–Kier alpha value is -4.80. The zero-order chi connectivity index (χ0) is 29.3. The highest BCUT2D eigenvalue weighted by molar-refractivity contribution is 6.31. The van der Waals surface area contributed by atoms with E-state index in [9.17, 15) is 14.7 Å². The highest BCUT2D eigenvalue weighted by Gasteiger charge is 2.29. The lowest BCUT2D eigenvalue weighted by Crippen LogP contribution is -2.45. The van der Waals surface area contributed by atoms with Gasteiger partial charge in [-0.25, -0.2) is 0 Å². The molecule has 3 aromatic carbocycles. The fourth-order valence-corrected chi connectivity index (χ4v) is 4.69. The van der Waals surface area contributed by atoms with Crippen molar-refractivity contribution in [1.29, 1.82) is 0 Å². The molecule has 42 heavy (non-hydrogen) atoms. The summed E-state index contributed by atoms with van der Waals surface area (Å²) < 4.78 is 1.71. The van der Waals surface area contributed by atoms with Crippen molar-refractivity contribution >= 4 is 40.0 Å². The molecular weight excluding hydrogens is 554 g/mol. The quantitative estimate of drug-likeness (QED) is 0.162. The summed E-state index contributed by atoms with van der Waals surface area (Å²) in [6.45, 7) is 1.40. The van der Waals surface area contributed by atoms with Crippen molar-refractivity contribution in [1.82, 2.24) is 30.6 Å². The first kappa shape index (κ1) is 28.7. The number of pyridine rings is 1. The normalized spacial score (nSPS) is 12.4. The number of aromatic nitrogens is 4. The molecule has 0 spiro atoms. The van der Waals surface area contributed by atoms with Crippen LogP contribution in [0.5, 0.6) is 0 Å². The lowest BCUT2D eigenvalue weighted by molar-refractivity contribution is -0.130. The minimum absolute atomic E-state index is 0.0772. The maximum atomic E-state index is 12.9. The van der Waals surface area contributed by atoms with E-state index in [4.69, 9.17) is 11.6 Å². The molecule has 11 heteroatoms. The zero-order valence-electron chi connectivity index (χ0n) is 22.7. The van der Waals surface area contributed by atoms with Crippen molar-refractivity contribution in [2.24, 2.45) is 0 Å². The molecule has 214 valence electrons. The Balaban J connectivity index is 1.13. The Bertz CT molecular complexity index is 1650. The van der Waals surface area contributed by atoms with Crippen molar-refractivity contribution in [2.75, 3.05) is 11.9 Å². The summed E-state index contributed by atoms with van der Waals surface area (Å²) in [5.41, 5.74) is 3.38. The average Bonchev–Trinajstić information content (AvgIpc) is 3.48. The summed E-state index contributed by atoms with van der Waals surface area (Å²) in [5.74, 6) is -1.03. The van der Waals surface area contributed by atoms with Gasteiger partial charge in [-0.1, -0.05) is 65.3 Å². The van der Waals surface area contributed by atoms with Gasteiger partial charge in [-0.05, 0) is 48.4 Å². The van der Waals surface area contributed by atoms with E-state index in [1.165, 1.54) is 0 Å². The van der Waals surface area contributed by atoms with Gasteiger partial charge in [-0.2, -0.15) is 0 Å². The molecule has 4 N–H and O–H groups in total. The molecule has 0 aliphatic heterocycles. The minimum atomic E-state index is -1.53. The first-order chi connectivity index (χ1) is 20.5. The second-order valence-corrected chi connectivity index (χ2v) is 10.1. The smallest absolute Gasteiger partial charge is 0.251 e. The van der Waals surface area contributed by atoms with Crippen LogP contribution in [0.3, 0.4) is 0 Å². The molecule has 0 bridgehead atoms. The van der Waals surface area contributed by atoms with Crippen molar-refractivity contribution in [3.63, 3.8) is 0 Å². The van der Waals surface area contributed by atoms with E-state index in [-0.39, 0.29) is 6.54 Å². The monoisotopic (exact) mass is 583 g/mol. The number of nitrogens with zero attached hydrogens (tertiary/aromatic N) is 4. The van der Waals surface area contributed by atoms with E-state index in [1.54, 1.807) is 65.6 Å². The number of fused-ring (bicyclic) bond motifs is 1. The molecule has 2 heterocycles. The molecule has 5 rings (SSSR count). The lowest BCUT2D eigenvalue weighted by atomic mass is 10.00. The first-order valence-corrected chi connectivity index (χ1v) is 13.9. The number of nitrogens with one attached hydrogen (secondary N) is 3. The maximum absolute atomic E-state index is 12.9. The number of benzene rings is 3. The molecule has 0 aliphatic carbocycles. The van der Waals surface area contributed by atoms with Gasteiger partial charge >= 0.3 is 0 Å². The molecule has 2 atom stereocenters. The number of amides is 2. The Morgan fingerprint density at radius 3 is 2.52 bits per heavy atom. The summed E-state index contributed by atoms with van der Waals surface area (Å²) in [7, 11) is 0. The third-order valence-electron chi connectivity index (χ3n) is 6.68. The van der Waals surface area contributed by atoms with Crippen LogP contribution in [0.1, 0.15) is 34.1 Å². The Labute approximate surface area is 247 Å². The van der Waals surface area contributed by atoms with Crippen LogP contribution in [0, 0.1) is 0 Å². The van der Waals surface area contributed by atoms with E-state index < -0.39 is 24.0 Å². The molecule has 0 radical (unpaired) electrons. The highest BCUT2D eigenvalue weighted by atomic mass is 35.5. The number of hydrogen-bond donors (Lipinski definition) is 4. The summed E-state index contributed by atoms with van der Waals surface area (Å²) >= 11 is 6.07. The topological polar surface area (TPSA) is 134 Å². The molecule has 0 saturated heterocycles. The van der Waals surface area contributed by atoms with Gasteiger partial charge in [0.15, 0.2) is 6.10 Å². The molecule has 2 amide bonds. The van der Waals surface area contributed by atoms with Crippen molar-refractivity contribution in [3.8, 4) is 0 Å². The van der Waals surface area contributed by atoms with Crippen molar-refractivity contribution < 1.29 is 14.7 Å². The molecule has 10 nitrogen and oxygen atoms in total. The van der Waals surface area contributed by atoms with Gasteiger partial charge < -0.3 is 21.1 Å². The van der Waals surface area contributed by atoms with Gasteiger partial charge in [-0.15, -0.1) is 5.10 Å². The fraction of sp³-hybridized carbons (Fsp3) is 0.194. The summed E-state index contributed by atoms with van der Waals surface area (Å²) in [6.07, 6.45) is 2.75. The van der Waals surface area contributed by atoms with Gasteiger partial charge in [0.05, 0.1) is 24.3 Å². The number of hydrogen-bond acceptors (Lipinski definition) is 7. The highest BCUT2D eigenvalue weighted by Crippen LogP contribution is 2.24. The molecule has 0 saturated carbocycles. The van der Waals surface area contributed by atoms with Crippen LogP contribution in [0.15, 0.2) is 97.3 Å². The van der Waals surface area contributed by atoms with Crippen molar-refractivity contribution in [3.05, 3.63) is 119 Å². The number of rotatable bonds is 12. The Kier molecular flexibility index (Phi) is 9.37. The Morgan fingerprint density at radius 1 is 0.976 bits per heavy atom. The zero-order valence-corrected chi connectivity index (χ0v) is 23.4. The van der Waals surface area contributed by atoms with Gasteiger partial charge in [-0.3, -0.25) is 19.3 Å². The predicted octanol–water partition coefficient (Wildman–Crippen LogP) is 4.13. The average molecular weight is 584 g/mol. The van der Waals surface area contributed by atoms with E-state index in [2.05, 4.69) is 31.2 Å². The van der Waals surface area contributed by atoms with Crippen LogP contribution >= 0.6 is 11.6 Å². The number of carbonyl (C=O) groups excluding carboxylic acids is 2. The van der Waals surface area contributed by atoms with Crippen LogP contribution in [-0.2, 0) is 17.9 Å². The molecule has 0 unspecified atom stereocenters. The third kappa shape index (κ3) is 7.28. The molecule has 0 aliphatic rings. The van der Waals surface area contributed by atoms with E-state index in [1.807, 2.05) is 36.4 Å². The fourth-order valence-electron chi connectivity index (χ4n) is 4.52. The van der Waals surface area contributed by atoms with Gasteiger partial charge in [0, 0.05) is 40.9 Å². The van der Waals surface area contributed by atoms with Gasteiger partial charge in [0.25, 0.3) is 11.8 Å². The summed E-state index contributed by atoms with van der Waals surface area (Å²) in [5, 5.41) is 29.8. The number of anilines is 1. The lowest BCUT2D eigenvalue weighted by Gasteiger charge is -2.24. The van der Waals surface area contributed by atoms with E-state index >= 15 is 0 Å². The van der Waals surface area contributed by atoms with Crippen molar-refractivity contribution in [2.45, 2.75) is 31.7 Å². The summed E-state index contributed by atoms with van der Waals surface area (Å²) in [6, 6.07) is 24.1. The van der Waals surface area contributed by atoms with Gasteiger partial charge in [0.2, 0.25) is 0 Å². The second kappa shape index (κ2) is 13.7.